The molecule has 0 fully saturated rings. The van der Waals surface area contributed by atoms with Gasteiger partial charge in [0.2, 0.25) is 5.52 Å². The van der Waals surface area contributed by atoms with Gasteiger partial charge in [0, 0.05) is 36.2 Å². The second kappa shape index (κ2) is 8.12. The predicted octanol–water partition coefficient (Wildman–Crippen LogP) is 3.15. The van der Waals surface area contributed by atoms with Crippen LogP contribution < -0.4 is 9.88 Å². The van der Waals surface area contributed by atoms with Gasteiger partial charge in [0.15, 0.2) is 6.20 Å². The largest absolute Gasteiger partial charge is 0.748 e. The molecule has 0 amide bonds. The van der Waals surface area contributed by atoms with E-state index in [4.69, 9.17) is 0 Å². The predicted molar refractivity (Wildman–Crippen MR) is 102 cm³/mol. The number of hydrogen-bond donors (Lipinski definition) is 1. The van der Waals surface area contributed by atoms with Crippen LogP contribution in [0.2, 0.25) is 0 Å². The average Bonchev–Trinajstić information content (AvgIpc) is 2.63. The molecule has 0 radical (unpaired) electrons. The van der Waals surface area contributed by atoms with Gasteiger partial charge in [-0.3, -0.25) is 0 Å². The van der Waals surface area contributed by atoms with E-state index in [1.807, 2.05) is 83.7 Å². The zero-order chi connectivity index (χ0) is 18.4. The number of rotatable bonds is 7. The fraction of sp³-hybridized carbons (Fsp3) is 0.150. The molecule has 134 valence electrons. The summed E-state index contributed by atoms with van der Waals surface area (Å²) in [5.41, 5.74) is 3.06. The molecule has 0 aliphatic carbocycles. The van der Waals surface area contributed by atoms with E-state index in [1.165, 1.54) is 0 Å². The summed E-state index contributed by atoms with van der Waals surface area (Å²) >= 11 is 0. The minimum atomic E-state index is -4.18. The van der Waals surface area contributed by atoms with Gasteiger partial charge in [-0.2, -0.15) is 4.57 Å². The first-order valence-electron chi connectivity index (χ1n) is 8.36. The molecular formula is C20H20N2O3S. The van der Waals surface area contributed by atoms with Crippen molar-refractivity contribution in [2.75, 3.05) is 11.1 Å². The van der Waals surface area contributed by atoms with Crippen LogP contribution in [-0.2, 0) is 16.7 Å². The summed E-state index contributed by atoms with van der Waals surface area (Å²) in [6.45, 7) is 0.480. The number of pyridine rings is 1. The van der Waals surface area contributed by atoms with Gasteiger partial charge in [-0.05, 0) is 29.8 Å². The van der Waals surface area contributed by atoms with E-state index in [0.717, 1.165) is 22.2 Å². The monoisotopic (exact) mass is 368 g/mol. The Hall–Kier alpha value is -2.70. The molecule has 3 aromatic rings. The first-order valence-corrected chi connectivity index (χ1v) is 9.93. The second-order valence-electron chi connectivity index (χ2n) is 5.94. The van der Waals surface area contributed by atoms with Gasteiger partial charge in [0.05, 0.1) is 15.5 Å². The number of benzene rings is 2. The van der Waals surface area contributed by atoms with Crippen molar-refractivity contribution in [3.63, 3.8) is 0 Å². The molecule has 0 saturated heterocycles. The van der Waals surface area contributed by atoms with Gasteiger partial charge in [-0.25, -0.2) is 8.42 Å². The standard InChI is InChI=1S/C20H20N2O3S/c23-26(24,25)16-6-14-22-15-12-17(19-9-4-5-10-20(19)22)11-13-21-18-7-2-1-3-8-18/h1-5,7-13,15H,6,14,16H2,(H,23,24,25). The lowest BCUT2D eigenvalue weighted by atomic mass is 10.1. The maximum Gasteiger partial charge on any atom is 0.213 e. The summed E-state index contributed by atoms with van der Waals surface area (Å²) in [6.07, 6.45) is 6.11. The van der Waals surface area contributed by atoms with Crippen molar-refractivity contribution in [2.24, 2.45) is 0 Å². The maximum atomic E-state index is 10.8. The number of aryl methyl sites for hydroxylation is 1. The fourth-order valence-corrected chi connectivity index (χ4v) is 3.31. The summed E-state index contributed by atoms with van der Waals surface area (Å²) in [5.74, 6) is -0.350. The number of aromatic nitrogens is 1. The van der Waals surface area contributed by atoms with Crippen LogP contribution in [0.15, 0.2) is 73.1 Å². The lowest BCUT2D eigenvalue weighted by Gasteiger charge is -2.07. The Labute approximate surface area is 153 Å². The number of fused-ring (bicyclic) bond motifs is 1. The lowest BCUT2D eigenvalue weighted by molar-refractivity contribution is -0.671. The summed E-state index contributed by atoms with van der Waals surface area (Å²) in [7, 11) is -4.18. The van der Waals surface area contributed by atoms with E-state index in [2.05, 4.69) is 5.32 Å². The molecule has 0 saturated carbocycles. The topological polar surface area (TPSA) is 73.1 Å². The molecule has 0 bridgehead atoms. The van der Waals surface area contributed by atoms with E-state index < -0.39 is 10.1 Å². The summed E-state index contributed by atoms with van der Waals surface area (Å²) in [5, 5.41) is 4.30. The molecule has 0 spiro atoms. The molecule has 0 unspecified atom stereocenters. The van der Waals surface area contributed by atoms with Crippen molar-refractivity contribution in [1.29, 1.82) is 0 Å². The van der Waals surface area contributed by atoms with Crippen LogP contribution in [0, 0.1) is 0 Å². The fourth-order valence-electron chi connectivity index (χ4n) is 2.82. The zero-order valence-electron chi connectivity index (χ0n) is 14.2. The normalized spacial score (nSPS) is 11.9. The summed E-state index contributed by atoms with van der Waals surface area (Å²) in [4.78, 5) is 0. The third-order valence-electron chi connectivity index (χ3n) is 4.04. The van der Waals surface area contributed by atoms with E-state index in [0.29, 0.717) is 13.0 Å². The molecule has 1 aromatic heterocycles. The molecule has 0 atom stereocenters. The Morgan fingerprint density at radius 3 is 2.50 bits per heavy atom. The van der Waals surface area contributed by atoms with Crippen molar-refractivity contribution in [2.45, 2.75) is 13.0 Å². The molecule has 26 heavy (non-hydrogen) atoms. The van der Waals surface area contributed by atoms with E-state index in [9.17, 15) is 13.0 Å². The van der Waals surface area contributed by atoms with Gasteiger partial charge >= 0.3 is 0 Å². The van der Waals surface area contributed by atoms with Crippen LogP contribution in [0.4, 0.5) is 5.69 Å². The molecule has 1 heterocycles. The maximum absolute atomic E-state index is 10.8. The number of para-hydroxylation sites is 2. The highest BCUT2D eigenvalue weighted by molar-refractivity contribution is 7.85. The molecule has 6 heteroatoms. The zero-order valence-corrected chi connectivity index (χ0v) is 15.0. The Morgan fingerprint density at radius 1 is 1.00 bits per heavy atom. The Balaban J connectivity index is 1.81. The van der Waals surface area contributed by atoms with Crippen LogP contribution >= 0.6 is 0 Å². The SMILES string of the molecule is O=S(=O)([O-])CCC[n+]1ccc(/C=C/Nc2ccccc2)c2ccccc21. The molecule has 0 aliphatic heterocycles. The molecule has 0 aliphatic rings. The van der Waals surface area contributed by atoms with E-state index >= 15 is 0 Å². The molecule has 3 rings (SSSR count). The number of hydrogen-bond acceptors (Lipinski definition) is 4. The molecule has 5 nitrogen and oxygen atoms in total. The van der Waals surface area contributed by atoms with Crippen molar-refractivity contribution in [3.05, 3.63) is 78.6 Å². The van der Waals surface area contributed by atoms with Crippen molar-refractivity contribution >= 4 is 32.8 Å². The minimum Gasteiger partial charge on any atom is -0.748 e. The highest BCUT2D eigenvalue weighted by atomic mass is 32.2. The van der Waals surface area contributed by atoms with Crippen LogP contribution in [0.3, 0.4) is 0 Å². The van der Waals surface area contributed by atoms with Crippen molar-refractivity contribution < 1.29 is 17.5 Å². The minimum absolute atomic E-state index is 0.297. The van der Waals surface area contributed by atoms with Crippen molar-refractivity contribution in [3.8, 4) is 0 Å². The van der Waals surface area contributed by atoms with E-state index in [-0.39, 0.29) is 5.75 Å². The smallest absolute Gasteiger partial charge is 0.213 e. The van der Waals surface area contributed by atoms with Crippen LogP contribution in [0.5, 0.6) is 0 Å². The highest BCUT2D eigenvalue weighted by Crippen LogP contribution is 2.17. The average molecular weight is 368 g/mol. The molecule has 2 aromatic carbocycles. The second-order valence-corrected chi connectivity index (χ2v) is 7.46. The quantitative estimate of drug-likeness (QED) is 0.514. The third kappa shape index (κ3) is 4.91. The van der Waals surface area contributed by atoms with Gasteiger partial charge in [0.1, 0.15) is 6.54 Å². The van der Waals surface area contributed by atoms with Crippen LogP contribution in [-0.4, -0.2) is 18.7 Å². The third-order valence-corrected chi connectivity index (χ3v) is 4.83. The molecular weight excluding hydrogens is 348 g/mol. The number of nitrogens with one attached hydrogen (secondary N) is 1. The van der Waals surface area contributed by atoms with Crippen LogP contribution in [0.25, 0.3) is 17.0 Å². The van der Waals surface area contributed by atoms with Gasteiger partial charge in [-0.15, -0.1) is 0 Å². The Bertz CT molecular complexity index is 1020. The van der Waals surface area contributed by atoms with Crippen LogP contribution in [0.1, 0.15) is 12.0 Å². The molecule has 1 N–H and O–H groups in total. The van der Waals surface area contributed by atoms with Gasteiger partial charge < -0.3 is 9.87 Å². The number of anilines is 1. The lowest BCUT2D eigenvalue weighted by Crippen LogP contribution is -2.35. The summed E-state index contributed by atoms with van der Waals surface area (Å²) < 4.78 is 34.4. The van der Waals surface area contributed by atoms with Gasteiger partial charge in [-0.1, -0.05) is 30.3 Å². The van der Waals surface area contributed by atoms with Gasteiger partial charge in [0.25, 0.3) is 0 Å². The Kier molecular flexibility index (Phi) is 5.65. The summed E-state index contributed by atoms with van der Waals surface area (Å²) in [6, 6.07) is 19.8. The first kappa shape index (κ1) is 18.1. The Morgan fingerprint density at radius 2 is 1.73 bits per heavy atom. The number of nitrogens with zero attached hydrogens (tertiary/aromatic N) is 1. The van der Waals surface area contributed by atoms with E-state index in [1.54, 1.807) is 0 Å². The van der Waals surface area contributed by atoms with Crippen molar-refractivity contribution in [1.82, 2.24) is 0 Å². The highest BCUT2D eigenvalue weighted by Gasteiger charge is 2.11. The first-order chi connectivity index (χ1) is 12.5.